The fourth-order valence-corrected chi connectivity index (χ4v) is 6.17. The number of rotatable bonds is 2. The van der Waals surface area contributed by atoms with Gasteiger partial charge in [0.15, 0.2) is 5.78 Å². The number of aliphatic hydroxyl groups is 1. The molecule has 0 spiro atoms. The van der Waals surface area contributed by atoms with Gasteiger partial charge in [-0.05, 0) is 42.6 Å². The Balaban J connectivity index is 1.79. The zero-order chi connectivity index (χ0) is 20.3. The van der Waals surface area contributed by atoms with Crippen LogP contribution in [0.3, 0.4) is 0 Å². The van der Waals surface area contributed by atoms with Gasteiger partial charge < -0.3 is 19.0 Å². The van der Waals surface area contributed by atoms with Gasteiger partial charge in [0.1, 0.15) is 12.2 Å². The van der Waals surface area contributed by atoms with E-state index in [0.717, 1.165) is 5.56 Å². The second kappa shape index (κ2) is 6.44. The Morgan fingerprint density at radius 1 is 1.29 bits per heavy atom. The summed E-state index contributed by atoms with van der Waals surface area (Å²) in [4.78, 5) is 38.6. The normalized spacial score (nSPS) is 42.9. The van der Waals surface area contributed by atoms with Crippen LogP contribution in [0.2, 0.25) is 0 Å². The highest BCUT2D eigenvalue weighted by molar-refractivity contribution is 5.91. The Morgan fingerprint density at radius 2 is 2.04 bits per heavy atom. The molecule has 0 amide bonds. The summed E-state index contributed by atoms with van der Waals surface area (Å²) in [5.74, 6) is -2.68. The van der Waals surface area contributed by atoms with Crippen LogP contribution in [0.4, 0.5) is 0 Å². The number of methoxy groups -OCH3 is 1. The summed E-state index contributed by atoms with van der Waals surface area (Å²) in [6.45, 7) is 3.86. The first-order valence-electron chi connectivity index (χ1n) is 9.74. The lowest BCUT2D eigenvalue weighted by atomic mass is 9.43. The van der Waals surface area contributed by atoms with E-state index in [-0.39, 0.29) is 18.2 Å². The van der Waals surface area contributed by atoms with E-state index in [4.69, 9.17) is 13.9 Å². The maximum absolute atomic E-state index is 13.2. The van der Waals surface area contributed by atoms with E-state index >= 15 is 0 Å². The van der Waals surface area contributed by atoms with Crippen LogP contribution in [0.15, 0.2) is 23.0 Å². The molecule has 2 aliphatic carbocycles. The van der Waals surface area contributed by atoms with Crippen LogP contribution < -0.4 is 0 Å². The van der Waals surface area contributed by atoms with Crippen molar-refractivity contribution in [3.05, 3.63) is 24.2 Å². The number of carbonyl (C=O) groups excluding carboxylic acids is 3. The molecular weight excluding hydrogens is 364 g/mol. The van der Waals surface area contributed by atoms with Gasteiger partial charge >= 0.3 is 11.9 Å². The molecule has 7 nitrogen and oxygen atoms in total. The Kier molecular flexibility index (Phi) is 4.41. The SMILES string of the molecule is COC(=O)[C@@H]1C[C@H](O)C(=O)[C@H]2C1(C)CC[C@H]1C(=O)O[C@H](c3ccoc3)C[C@@]12C. The van der Waals surface area contributed by atoms with Crippen LogP contribution in [-0.2, 0) is 23.9 Å². The molecule has 1 aliphatic heterocycles. The molecule has 1 unspecified atom stereocenters. The number of carbonyl (C=O) groups is 3. The zero-order valence-electron chi connectivity index (χ0n) is 16.3. The van der Waals surface area contributed by atoms with Gasteiger partial charge in [-0.3, -0.25) is 14.4 Å². The predicted molar refractivity (Wildman–Crippen MR) is 95.7 cm³/mol. The van der Waals surface area contributed by atoms with Crippen LogP contribution in [-0.4, -0.2) is 36.0 Å². The van der Waals surface area contributed by atoms with Crippen LogP contribution >= 0.6 is 0 Å². The summed E-state index contributed by atoms with van der Waals surface area (Å²) in [6, 6.07) is 1.75. The van der Waals surface area contributed by atoms with E-state index < -0.39 is 46.8 Å². The fourth-order valence-electron chi connectivity index (χ4n) is 6.17. The van der Waals surface area contributed by atoms with Gasteiger partial charge in [-0.1, -0.05) is 13.8 Å². The molecule has 1 N–H and O–H groups in total. The van der Waals surface area contributed by atoms with Crippen molar-refractivity contribution in [1.29, 1.82) is 0 Å². The van der Waals surface area contributed by atoms with Gasteiger partial charge in [0.25, 0.3) is 0 Å². The van der Waals surface area contributed by atoms with E-state index in [0.29, 0.717) is 19.3 Å². The lowest BCUT2D eigenvalue weighted by Gasteiger charge is -2.60. The van der Waals surface area contributed by atoms with Crippen molar-refractivity contribution >= 4 is 17.7 Å². The lowest BCUT2D eigenvalue weighted by molar-refractivity contribution is -0.207. The first-order chi connectivity index (χ1) is 13.2. The van der Waals surface area contributed by atoms with Gasteiger partial charge in [0.05, 0.1) is 31.5 Å². The number of hydrogen-bond acceptors (Lipinski definition) is 7. The molecule has 28 heavy (non-hydrogen) atoms. The molecule has 7 atom stereocenters. The molecule has 152 valence electrons. The minimum Gasteiger partial charge on any atom is -0.472 e. The van der Waals surface area contributed by atoms with Gasteiger partial charge in [0.2, 0.25) is 0 Å². The third-order valence-electron chi connectivity index (χ3n) is 7.52. The number of ketones is 1. The minimum atomic E-state index is -1.23. The van der Waals surface area contributed by atoms with Gasteiger partial charge in [-0.2, -0.15) is 0 Å². The Bertz CT molecular complexity index is 800. The second-order valence-corrected chi connectivity index (χ2v) is 8.95. The maximum atomic E-state index is 13.2. The molecule has 3 aliphatic rings. The molecule has 1 aromatic heterocycles. The number of aliphatic hydroxyl groups excluding tert-OH is 1. The van der Waals surface area contributed by atoms with Gasteiger partial charge in [0, 0.05) is 11.5 Å². The molecule has 4 rings (SSSR count). The van der Waals surface area contributed by atoms with Crippen molar-refractivity contribution in [2.45, 2.75) is 51.7 Å². The summed E-state index contributed by atoms with van der Waals surface area (Å²) in [5.41, 5.74) is -0.656. The highest BCUT2D eigenvalue weighted by atomic mass is 16.5. The third-order valence-corrected chi connectivity index (χ3v) is 7.52. The number of fused-ring (bicyclic) bond motifs is 3. The molecule has 3 fully saturated rings. The number of furan rings is 1. The standard InChI is InChI=1S/C21H26O7/c1-20-6-4-12-19(25)28-15(11-5-7-27-10-11)9-21(12,2)17(20)16(23)14(22)8-13(20)18(24)26-3/h5,7,10,12-15,17,22H,4,6,8-9H2,1-3H3/t12-,13-,14-,15-,17-,20?,21-/m0/s1. The monoisotopic (exact) mass is 390 g/mol. The average molecular weight is 390 g/mol. The molecule has 0 aromatic carbocycles. The van der Waals surface area contributed by atoms with Gasteiger partial charge in [-0.25, -0.2) is 0 Å². The predicted octanol–water partition coefficient (Wildman–Crippen LogP) is 2.43. The van der Waals surface area contributed by atoms with E-state index in [1.54, 1.807) is 12.3 Å². The molecule has 2 heterocycles. The molecule has 7 heteroatoms. The minimum absolute atomic E-state index is 0.0643. The Morgan fingerprint density at radius 3 is 2.68 bits per heavy atom. The van der Waals surface area contributed by atoms with Crippen LogP contribution in [0.5, 0.6) is 0 Å². The highest BCUT2D eigenvalue weighted by Gasteiger charge is 2.67. The summed E-state index contributed by atoms with van der Waals surface area (Å²) >= 11 is 0. The van der Waals surface area contributed by atoms with E-state index in [9.17, 15) is 19.5 Å². The largest absolute Gasteiger partial charge is 0.472 e. The topological polar surface area (TPSA) is 103 Å². The Labute approximate surface area is 163 Å². The zero-order valence-corrected chi connectivity index (χ0v) is 16.3. The first-order valence-corrected chi connectivity index (χ1v) is 9.74. The van der Waals surface area contributed by atoms with E-state index in [1.165, 1.54) is 13.4 Å². The molecule has 2 saturated carbocycles. The van der Waals surface area contributed by atoms with Crippen molar-refractivity contribution in [2.75, 3.05) is 7.11 Å². The number of hydrogen-bond donors (Lipinski definition) is 1. The molecule has 1 aromatic rings. The van der Waals surface area contributed by atoms with Crippen molar-refractivity contribution in [2.24, 2.45) is 28.6 Å². The quantitative estimate of drug-likeness (QED) is 0.774. The van der Waals surface area contributed by atoms with Crippen molar-refractivity contribution in [3.8, 4) is 0 Å². The van der Waals surface area contributed by atoms with E-state index in [1.807, 2.05) is 13.8 Å². The number of esters is 2. The molecular formula is C21H26O7. The summed E-state index contributed by atoms with van der Waals surface area (Å²) < 4.78 is 15.8. The van der Waals surface area contributed by atoms with E-state index in [2.05, 4.69) is 0 Å². The summed E-state index contributed by atoms with van der Waals surface area (Å²) in [6.07, 6.45) is 2.88. The smallest absolute Gasteiger partial charge is 0.310 e. The fraction of sp³-hybridized carbons (Fsp3) is 0.667. The first kappa shape index (κ1) is 19.2. The van der Waals surface area contributed by atoms with Crippen molar-refractivity contribution in [3.63, 3.8) is 0 Å². The third kappa shape index (κ3) is 2.55. The number of ether oxygens (including phenoxy) is 2. The van der Waals surface area contributed by atoms with Crippen LogP contribution in [0, 0.1) is 28.6 Å². The maximum Gasteiger partial charge on any atom is 0.310 e. The summed E-state index contributed by atoms with van der Waals surface area (Å²) in [5, 5.41) is 10.5. The van der Waals surface area contributed by atoms with Crippen LogP contribution in [0.25, 0.3) is 0 Å². The average Bonchev–Trinajstić information content (AvgIpc) is 3.18. The Hall–Kier alpha value is -2.15. The van der Waals surface area contributed by atoms with Crippen molar-refractivity contribution < 1.29 is 33.4 Å². The number of Topliss-reactive ketones (excluding diaryl/α,β-unsaturated/α-hetero) is 1. The highest BCUT2D eigenvalue weighted by Crippen LogP contribution is 2.64. The van der Waals surface area contributed by atoms with Crippen molar-refractivity contribution in [1.82, 2.24) is 0 Å². The second-order valence-electron chi connectivity index (χ2n) is 8.95. The number of cyclic esters (lactones) is 1. The molecule has 1 saturated heterocycles. The molecule has 0 radical (unpaired) electrons. The van der Waals surface area contributed by atoms with Crippen LogP contribution in [0.1, 0.15) is 51.2 Å². The molecule has 0 bridgehead atoms. The summed E-state index contributed by atoms with van der Waals surface area (Å²) in [7, 11) is 1.32. The lowest BCUT2D eigenvalue weighted by Crippen LogP contribution is -2.64. The van der Waals surface area contributed by atoms with Gasteiger partial charge in [-0.15, -0.1) is 0 Å².